The molecule has 0 N–H and O–H groups in total. The maximum Gasteiger partial charge on any atom is 0.150 e. The first-order chi connectivity index (χ1) is 10.9. The zero-order chi connectivity index (χ0) is 16.6. The van der Waals surface area contributed by atoms with Crippen LogP contribution in [0.15, 0.2) is 12.1 Å². The van der Waals surface area contributed by atoms with Crippen molar-refractivity contribution in [2.75, 3.05) is 6.61 Å². The third kappa shape index (κ3) is 3.36. The van der Waals surface area contributed by atoms with Crippen molar-refractivity contribution in [1.29, 1.82) is 0 Å². The van der Waals surface area contributed by atoms with Crippen molar-refractivity contribution >= 4 is 19.0 Å². The first-order valence-electron chi connectivity index (χ1n) is 8.50. The first-order valence-corrected chi connectivity index (χ1v) is 12.0. The van der Waals surface area contributed by atoms with Crippen LogP contribution in [0.25, 0.3) is 10.9 Å². The van der Waals surface area contributed by atoms with Crippen molar-refractivity contribution in [3.63, 3.8) is 0 Å². The van der Waals surface area contributed by atoms with E-state index in [1.165, 1.54) is 17.4 Å². The molecule has 3 nitrogen and oxygen atoms in total. The number of benzene rings is 1. The van der Waals surface area contributed by atoms with Gasteiger partial charge in [0.05, 0.1) is 11.2 Å². The Morgan fingerprint density at radius 1 is 1.22 bits per heavy atom. The van der Waals surface area contributed by atoms with Gasteiger partial charge in [0.2, 0.25) is 0 Å². The minimum Gasteiger partial charge on any atom is -0.356 e. The molecule has 1 unspecified atom stereocenters. The molecule has 3 rings (SSSR count). The molecule has 0 spiro atoms. The van der Waals surface area contributed by atoms with E-state index in [0.29, 0.717) is 0 Å². The molecule has 1 aromatic carbocycles. The van der Waals surface area contributed by atoms with Crippen molar-refractivity contribution in [2.45, 2.75) is 59.0 Å². The lowest BCUT2D eigenvalue weighted by atomic mass is 10.0. The maximum absolute atomic E-state index is 5.94. The maximum atomic E-state index is 5.94. The largest absolute Gasteiger partial charge is 0.356 e. The fourth-order valence-electron chi connectivity index (χ4n) is 3.07. The van der Waals surface area contributed by atoms with Crippen LogP contribution in [0, 0.1) is 25.3 Å². The fraction of sp³-hybridized carbons (Fsp3) is 0.526. The lowest BCUT2D eigenvalue weighted by Crippen LogP contribution is -2.19. The molecule has 0 aliphatic carbocycles. The number of rotatable bonds is 1. The number of aromatic nitrogens is 2. The topological polar surface area (TPSA) is 27.1 Å². The Hall–Kier alpha value is -1.57. The summed E-state index contributed by atoms with van der Waals surface area (Å²) >= 11 is 0. The van der Waals surface area contributed by atoms with Gasteiger partial charge in [-0.25, -0.2) is 4.68 Å². The summed E-state index contributed by atoms with van der Waals surface area (Å²) in [4.78, 5) is 0. The van der Waals surface area contributed by atoms with E-state index in [1.54, 1.807) is 0 Å². The van der Waals surface area contributed by atoms with Crippen LogP contribution in [0.5, 0.6) is 0 Å². The molecule has 1 saturated heterocycles. The van der Waals surface area contributed by atoms with Crippen LogP contribution in [-0.4, -0.2) is 24.5 Å². The zero-order valence-corrected chi connectivity index (χ0v) is 15.9. The van der Waals surface area contributed by atoms with Gasteiger partial charge in [0, 0.05) is 17.6 Å². The Morgan fingerprint density at radius 3 is 2.65 bits per heavy atom. The van der Waals surface area contributed by atoms with Crippen molar-refractivity contribution in [2.24, 2.45) is 0 Å². The van der Waals surface area contributed by atoms with E-state index in [1.807, 2.05) is 0 Å². The second kappa shape index (κ2) is 6.14. The molecule has 1 atom stereocenters. The SMILES string of the molecule is Cc1ccc2c(c(C)nn2C2CCCCO2)c1C#C[Si](C)(C)C. The van der Waals surface area contributed by atoms with Gasteiger partial charge in [0.25, 0.3) is 0 Å². The predicted molar refractivity (Wildman–Crippen MR) is 98.3 cm³/mol. The summed E-state index contributed by atoms with van der Waals surface area (Å²) in [7, 11) is -1.41. The van der Waals surface area contributed by atoms with Gasteiger partial charge in [0.1, 0.15) is 8.07 Å². The van der Waals surface area contributed by atoms with Gasteiger partial charge in [-0.1, -0.05) is 31.6 Å². The molecule has 1 fully saturated rings. The second-order valence-electron chi connectivity index (χ2n) is 7.50. The van der Waals surface area contributed by atoms with Crippen molar-refractivity contribution in [3.8, 4) is 11.5 Å². The van der Waals surface area contributed by atoms with Gasteiger partial charge in [0.15, 0.2) is 6.23 Å². The summed E-state index contributed by atoms with van der Waals surface area (Å²) in [5.41, 5.74) is 8.09. The van der Waals surface area contributed by atoms with Crippen LogP contribution in [0.2, 0.25) is 19.6 Å². The van der Waals surface area contributed by atoms with Gasteiger partial charge in [-0.3, -0.25) is 0 Å². The molecule has 1 aliphatic rings. The summed E-state index contributed by atoms with van der Waals surface area (Å²) in [6.45, 7) is 11.9. The van der Waals surface area contributed by atoms with Crippen molar-refractivity contribution < 1.29 is 4.74 Å². The van der Waals surface area contributed by atoms with E-state index in [0.717, 1.165) is 36.2 Å². The minimum absolute atomic E-state index is 0.0699. The van der Waals surface area contributed by atoms with Crippen LogP contribution in [0.1, 0.15) is 42.3 Å². The number of ether oxygens (including phenoxy) is 1. The molecule has 0 amide bonds. The molecule has 0 saturated carbocycles. The third-order valence-electron chi connectivity index (χ3n) is 4.25. The van der Waals surface area contributed by atoms with E-state index in [9.17, 15) is 0 Å². The van der Waals surface area contributed by atoms with Crippen LogP contribution < -0.4 is 0 Å². The van der Waals surface area contributed by atoms with E-state index in [-0.39, 0.29) is 6.23 Å². The smallest absolute Gasteiger partial charge is 0.150 e. The highest BCUT2D eigenvalue weighted by atomic mass is 28.3. The minimum atomic E-state index is -1.41. The van der Waals surface area contributed by atoms with E-state index >= 15 is 0 Å². The number of hydrogen-bond acceptors (Lipinski definition) is 2. The molecular formula is C19H26N2OSi. The van der Waals surface area contributed by atoms with Crippen molar-refractivity contribution in [3.05, 3.63) is 29.0 Å². The van der Waals surface area contributed by atoms with E-state index in [4.69, 9.17) is 9.84 Å². The predicted octanol–water partition coefficient (Wildman–Crippen LogP) is 4.58. The van der Waals surface area contributed by atoms with Gasteiger partial charge < -0.3 is 4.74 Å². The van der Waals surface area contributed by atoms with E-state index < -0.39 is 8.07 Å². The van der Waals surface area contributed by atoms with Crippen LogP contribution in [0.3, 0.4) is 0 Å². The first kappa shape index (κ1) is 16.3. The van der Waals surface area contributed by atoms with Crippen LogP contribution >= 0.6 is 0 Å². The molecule has 122 valence electrons. The fourth-order valence-corrected chi connectivity index (χ4v) is 3.57. The van der Waals surface area contributed by atoms with E-state index in [2.05, 4.69) is 61.8 Å². The number of aryl methyl sites for hydroxylation is 2. The monoisotopic (exact) mass is 326 g/mol. The number of hydrogen-bond donors (Lipinski definition) is 0. The Morgan fingerprint density at radius 2 is 2.00 bits per heavy atom. The Kier molecular flexibility index (Phi) is 4.35. The lowest BCUT2D eigenvalue weighted by molar-refractivity contribution is -0.0368. The van der Waals surface area contributed by atoms with Gasteiger partial charge in [-0.15, -0.1) is 5.54 Å². The summed E-state index contributed by atoms with van der Waals surface area (Å²) in [5, 5.41) is 5.99. The average molecular weight is 327 g/mol. The summed E-state index contributed by atoms with van der Waals surface area (Å²) in [6.07, 6.45) is 3.47. The molecule has 1 aliphatic heterocycles. The summed E-state index contributed by atoms with van der Waals surface area (Å²) in [6, 6.07) is 4.33. The van der Waals surface area contributed by atoms with Crippen molar-refractivity contribution in [1.82, 2.24) is 9.78 Å². The standard InChI is InChI=1S/C19H26N2OSi/c1-14-9-10-17-19(16(14)11-13-23(3,4)5)15(2)20-21(17)18-8-6-7-12-22-18/h9-10,18H,6-8,12H2,1-5H3. The highest BCUT2D eigenvalue weighted by Gasteiger charge is 2.21. The number of fused-ring (bicyclic) bond motifs is 1. The molecule has 0 radical (unpaired) electrons. The molecule has 4 heteroatoms. The molecule has 1 aromatic heterocycles. The normalized spacial score (nSPS) is 18.7. The summed E-state index contributed by atoms with van der Waals surface area (Å²) < 4.78 is 8.01. The molecule has 0 bridgehead atoms. The van der Waals surface area contributed by atoms with Gasteiger partial charge in [-0.2, -0.15) is 5.10 Å². The molecule has 2 aromatic rings. The Bertz CT molecular complexity index is 784. The lowest BCUT2D eigenvalue weighted by Gasteiger charge is -2.23. The second-order valence-corrected chi connectivity index (χ2v) is 12.3. The quantitative estimate of drug-likeness (QED) is 0.566. The number of nitrogens with zero attached hydrogens (tertiary/aromatic N) is 2. The van der Waals surface area contributed by atoms with Crippen LogP contribution in [0.4, 0.5) is 0 Å². The Balaban J connectivity index is 2.15. The zero-order valence-electron chi connectivity index (χ0n) is 14.9. The summed E-state index contributed by atoms with van der Waals surface area (Å²) in [5.74, 6) is 3.47. The highest BCUT2D eigenvalue weighted by Crippen LogP contribution is 2.30. The van der Waals surface area contributed by atoms with Crippen LogP contribution in [-0.2, 0) is 4.74 Å². The molecular weight excluding hydrogens is 300 g/mol. The Labute approximate surface area is 140 Å². The third-order valence-corrected chi connectivity index (χ3v) is 5.12. The molecule has 23 heavy (non-hydrogen) atoms. The van der Waals surface area contributed by atoms with Gasteiger partial charge >= 0.3 is 0 Å². The van der Waals surface area contributed by atoms with Gasteiger partial charge in [-0.05, 0) is 44.7 Å². The highest BCUT2D eigenvalue weighted by molar-refractivity contribution is 6.83. The average Bonchev–Trinajstić information content (AvgIpc) is 2.84. The molecule has 2 heterocycles.